The number of benzene rings is 1. The van der Waals surface area contributed by atoms with E-state index < -0.39 is 16.0 Å². The summed E-state index contributed by atoms with van der Waals surface area (Å²) >= 11 is 3.20. The van der Waals surface area contributed by atoms with Crippen LogP contribution in [0.1, 0.15) is 42.6 Å². The highest BCUT2D eigenvalue weighted by molar-refractivity contribution is 9.10. The Morgan fingerprint density at radius 2 is 2.05 bits per heavy atom. The molecule has 1 aromatic carbocycles. The molecule has 0 spiro atoms. The lowest BCUT2D eigenvalue weighted by Crippen LogP contribution is -2.32. The summed E-state index contributed by atoms with van der Waals surface area (Å²) in [5, 5.41) is 9.11. The van der Waals surface area contributed by atoms with E-state index in [1.165, 1.54) is 12.1 Å². The molecule has 0 saturated heterocycles. The van der Waals surface area contributed by atoms with E-state index in [2.05, 4.69) is 20.7 Å². The van der Waals surface area contributed by atoms with Crippen molar-refractivity contribution in [1.29, 1.82) is 0 Å². The molecule has 112 valence electrons. The molecule has 0 heterocycles. The zero-order valence-electron chi connectivity index (χ0n) is 11.6. The zero-order valence-corrected chi connectivity index (χ0v) is 14.0. The molecule has 0 aliphatic carbocycles. The van der Waals surface area contributed by atoms with Gasteiger partial charge in [0.25, 0.3) is 0 Å². The van der Waals surface area contributed by atoms with Gasteiger partial charge < -0.3 is 5.11 Å². The molecule has 0 fully saturated rings. The van der Waals surface area contributed by atoms with Crippen LogP contribution in [0.2, 0.25) is 0 Å². The number of halogens is 1. The van der Waals surface area contributed by atoms with Crippen LogP contribution >= 0.6 is 15.9 Å². The normalized spacial score (nSPS) is 13.2. The Balaban J connectivity index is 3.22. The van der Waals surface area contributed by atoms with Crippen molar-refractivity contribution in [2.24, 2.45) is 0 Å². The molecular weight excluding hydrogens is 346 g/mol. The number of carbonyl (C=O) groups is 1. The summed E-state index contributed by atoms with van der Waals surface area (Å²) in [6.45, 7) is 5.37. The van der Waals surface area contributed by atoms with Gasteiger partial charge in [-0.05, 0) is 38.0 Å². The van der Waals surface area contributed by atoms with Gasteiger partial charge in [-0.1, -0.05) is 29.3 Å². The first kappa shape index (κ1) is 17.1. The Morgan fingerprint density at radius 3 is 2.55 bits per heavy atom. The Labute approximate surface area is 127 Å². The summed E-state index contributed by atoms with van der Waals surface area (Å²) < 4.78 is 27.5. The van der Waals surface area contributed by atoms with E-state index >= 15 is 0 Å². The van der Waals surface area contributed by atoms with Crippen molar-refractivity contribution in [3.05, 3.63) is 27.7 Å². The average Bonchev–Trinajstić information content (AvgIpc) is 2.31. The van der Waals surface area contributed by atoms with Crippen LogP contribution in [0.5, 0.6) is 0 Å². The standard InChI is InChI=1S/C13H18BrNO4S/c1-4-5-8(2)15-20(18,19)10-6-11(13(16)17)9(3)12(14)7-10/h6-8,15H,4-5H2,1-3H3,(H,16,17). The minimum atomic E-state index is -3.72. The van der Waals surface area contributed by atoms with E-state index in [1.807, 2.05) is 6.92 Å². The summed E-state index contributed by atoms with van der Waals surface area (Å²) in [7, 11) is -3.72. The molecule has 1 aromatic rings. The Hall–Kier alpha value is -0.920. The van der Waals surface area contributed by atoms with E-state index in [4.69, 9.17) is 5.11 Å². The van der Waals surface area contributed by atoms with Crippen molar-refractivity contribution in [2.75, 3.05) is 0 Å². The predicted molar refractivity (Wildman–Crippen MR) is 80.5 cm³/mol. The van der Waals surface area contributed by atoms with Gasteiger partial charge in [-0.3, -0.25) is 0 Å². The second kappa shape index (κ2) is 6.69. The summed E-state index contributed by atoms with van der Waals surface area (Å²) in [5.41, 5.74) is 0.473. The van der Waals surface area contributed by atoms with E-state index in [1.54, 1.807) is 13.8 Å². The van der Waals surface area contributed by atoms with Gasteiger partial charge in [-0.25, -0.2) is 17.9 Å². The van der Waals surface area contributed by atoms with Gasteiger partial charge in [-0.15, -0.1) is 0 Å². The summed E-state index contributed by atoms with van der Waals surface area (Å²) in [5.74, 6) is -1.15. The summed E-state index contributed by atoms with van der Waals surface area (Å²) in [4.78, 5) is 11.1. The molecule has 0 bridgehead atoms. The van der Waals surface area contributed by atoms with Gasteiger partial charge in [0.1, 0.15) is 0 Å². The third-order valence-electron chi connectivity index (χ3n) is 2.94. The van der Waals surface area contributed by atoms with Crippen LogP contribution in [0.15, 0.2) is 21.5 Å². The molecule has 5 nitrogen and oxygen atoms in total. The SMILES string of the molecule is CCCC(C)NS(=O)(=O)c1cc(Br)c(C)c(C(=O)O)c1. The molecular formula is C13H18BrNO4S. The maximum Gasteiger partial charge on any atom is 0.336 e. The van der Waals surface area contributed by atoms with Gasteiger partial charge in [-0.2, -0.15) is 0 Å². The maximum atomic E-state index is 12.2. The van der Waals surface area contributed by atoms with Gasteiger partial charge in [0.05, 0.1) is 10.5 Å². The van der Waals surface area contributed by atoms with E-state index in [0.29, 0.717) is 10.0 Å². The fourth-order valence-electron chi connectivity index (χ4n) is 1.86. The first-order chi connectivity index (χ1) is 9.19. The number of rotatable bonds is 6. The molecule has 0 saturated carbocycles. The van der Waals surface area contributed by atoms with Crippen LogP contribution in [0, 0.1) is 6.92 Å². The first-order valence-corrected chi connectivity index (χ1v) is 8.52. The van der Waals surface area contributed by atoms with Crippen molar-refractivity contribution < 1.29 is 18.3 Å². The van der Waals surface area contributed by atoms with Gasteiger partial charge in [0.15, 0.2) is 0 Å². The molecule has 1 unspecified atom stereocenters. The van der Waals surface area contributed by atoms with Crippen LogP contribution < -0.4 is 4.72 Å². The second-order valence-corrected chi connectivity index (χ2v) is 7.26. The molecule has 0 amide bonds. The van der Waals surface area contributed by atoms with Crippen LogP contribution in [0.25, 0.3) is 0 Å². The van der Waals surface area contributed by atoms with Crippen LogP contribution in [0.4, 0.5) is 0 Å². The van der Waals surface area contributed by atoms with Crippen molar-refractivity contribution >= 4 is 31.9 Å². The molecule has 20 heavy (non-hydrogen) atoms. The molecule has 0 aromatic heterocycles. The Kier molecular flexibility index (Phi) is 5.73. The molecule has 0 radical (unpaired) electrons. The van der Waals surface area contributed by atoms with Crippen LogP contribution in [0.3, 0.4) is 0 Å². The lowest BCUT2D eigenvalue weighted by molar-refractivity contribution is 0.0695. The fraction of sp³-hybridized carbons (Fsp3) is 0.462. The molecule has 2 N–H and O–H groups in total. The number of nitrogens with one attached hydrogen (secondary N) is 1. The van der Waals surface area contributed by atoms with Gasteiger partial charge >= 0.3 is 5.97 Å². The van der Waals surface area contributed by atoms with Crippen molar-refractivity contribution in [1.82, 2.24) is 4.72 Å². The number of hydrogen-bond acceptors (Lipinski definition) is 3. The number of hydrogen-bond donors (Lipinski definition) is 2. The van der Waals surface area contributed by atoms with E-state index in [0.717, 1.165) is 12.8 Å². The fourth-order valence-corrected chi connectivity index (χ4v) is 3.80. The minimum Gasteiger partial charge on any atom is -0.478 e. The number of carboxylic acid groups (broad SMARTS) is 1. The Morgan fingerprint density at radius 1 is 1.45 bits per heavy atom. The monoisotopic (exact) mass is 363 g/mol. The highest BCUT2D eigenvalue weighted by Crippen LogP contribution is 2.25. The summed E-state index contributed by atoms with van der Waals surface area (Å²) in [6.07, 6.45) is 1.58. The van der Waals surface area contributed by atoms with Crippen LogP contribution in [-0.2, 0) is 10.0 Å². The Bertz CT molecular complexity index is 613. The second-order valence-electron chi connectivity index (χ2n) is 4.69. The molecule has 1 atom stereocenters. The number of sulfonamides is 1. The molecule has 0 aliphatic heterocycles. The lowest BCUT2D eigenvalue weighted by atomic mass is 10.1. The predicted octanol–water partition coefficient (Wildman–Crippen LogP) is 2.92. The van der Waals surface area contributed by atoms with E-state index in [9.17, 15) is 13.2 Å². The molecule has 7 heteroatoms. The number of aromatic carboxylic acids is 1. The average molecular weight is 364 g/mol. The smallest absolute Gasteiger partial charge is 0.336 e. The van der Waals surface area contributed by atoms with Gasteiger partial charge in [0.2, 0.25) is 10.0 Å². The van der Waals surface area contributed by atoms with Crippen LogP contribution in [-0.4, -0.2) is 25.5 Å². The molecule has 0 aliphatic rings. The third kappa shape index (κ3) is 4.04. The van der Waals surface area contributed by atoms with Crippen molar-refractivity contribution in [2.45, 2.75) is 44.6 Å². The quantitative estimate of drug-likeness (QED) is 0.813. The molecule has 1 rings (SSSR count). The summed E-state index contributed by atoms with van der Waals surface area (Å²) in [6, 6.07) is 2.41. The maximum absolute atomic E-state index is 12.2. The van der Waals surface area contributed by atoms with E-state index in [-0.39, 0.29) is 16.5 Å². The third-order valence-corrected chi connectivity index (χ3v) is 5.33. The first-order valence-electron chi connectivity index (χ1n) is 6.24. The number of carboxylic acids is 1. The van der Waals surface area contributed by atoms with Gasteiger partial charge in [0, 0.05) is 10.5 Å². The van der Waals surface area contributed by atoms with Crippen molar-refractivity contribution in [3.8, 4) is 0 Å². The lowest BCUT2D eigenvalue weighted by Gasteiger charge is -2.14. The highest BCUT2D eigenvalue weighted by Gasteiger charge is 2.21. The van der Waals surface area contributed by atoms with Crippen molar-refractivity contribution in [3.63, 3.8) is 0 Å². The highest BCUT2D eigenvalue weighted by atomic mass is 79.9. The topological polar surface area (TPSA) is 83.5 Å². The minimum absolute atomic E-state index is 0.0251. The largest absolute Gasteiger partial charge is 0.478 e. The zero-order chi connectivity index (χ0) is 15.5.